The molecule has 0 aliphatic rings. The van der Waals surface area contributed by atoms with Crippen LogP contribution in [0.2, 0.25) is 5.15 Å². The van der Waals surface area contributed by atoms with Gasteiger partial charge in [-0.2, -0.15) is 19.6 Å². The van der Waals surface area contributed by atoms with Gasteiger partial charge in [-0.15, -0.1) is 0 Å². The van der Waals surface area contributed by atoms with Gasteiger partial charge in [0.05, 0.1) is 0 Å². The van der Waals surface area contributed by atoms with Gasteiger partial charge in [-0.25, -0.2) is 0 Å². The highest BCUT2D eigenvalue weighted by Gasteiger charge is 2.08. The molecule has 5 nitrogen and oxygen atoms in total. The van der Waals surface area contributed by atoms with E-state index in [4.69, 9.17) is 11.6 Å². The standard InChI is InChI=1S/C13H12ClN5/c1-8-4-3-5-10(9(8)2)17-12-6-11(14)18-13-15-7-16-19(12)13/h3-7,17H,1-2H3. The molecule has 0 fully saturated rings. The van der Waals surface area contributed by atoms with Gasteiger partial charge in [-0.1, -0.05) is 23.7 Å². The first-order valence-electron chi connectivity index (χ1n) is 5.84. The van der Waals surface area contributed by atoms with Crippen LogP contribution in [-0.4, -0.2) is 19.6 Å². The number of fused-ring (bicyclic) bond motifs is 1. The molecule has 19 heavy (non-hydrogen) atoms. The highest BCUT2D eigenvalue weighted by molar-refractivity contribution is 6.29. The second-order valence-electron chi connectivity index (χ2n) is 4.31. The van der Waals surface area contributed by atoms with Crippen molar-refractivity contribution in [2.45, 2.75) is 13.8 Å². The second kappa shape index (κ2) is 4.51. The summed E-state index contributed by atoms with van der Waals surface area (Å²) in [6, 6.07) is 7.82. The van der Waals surface area contributed by atoms with E-state index in [-0.39, 0.29) is 0 Å². The third-order valence-electron chi connectivity index (χ3n) is 3.09. The Hall–Kier alpha value is -2.14. The van der Waals surface area contributed by atoms with Crippen LogP contribution in [0.4, 0.5) is 11.5 Å². The summed E-state index contributed by atoms with van der Waals surface area (Å²) < 4.78 is 1.62. The molecule has 0 amide bonds. The molecule has 0 bridgehead atoms. The predicted octanol–water partition coefficient (Wildman–Crippen LogP) is 3.14. The van der Waals surface area contributed by atoms with Crippen LogP contribution in [-0.2, 0) is 0 Å². The summed E-state index contributed by atoms with van der Waals surface area (Å²) in [5.74, 6) is 1.21. The van der Waals surface area contributed by atoms with Crippen molar-refractivity contribution in [2.75, 3.05) is 5.32 Å². The van der Waals surface area contributed by atoms with E-state index >= 15 is 0 Å². The first-order valence-corrected chi connectivity index (χ1v) is 6.22. The largest absolute Gasteiger partial charge is 0.340 e. The molecule has 2 heterocycles. The van der Waals surface area contributed by atoms with Gasteiger partial charge in [0.15, 0.2) is 0 Å². The second-order valence-corrected chi connectivity index (χ2v) is 4.70. The fourth-order valence-corrected chi connectivity index (χ4v) is 2.08. The van der Waals surface area contributed by atoms with Gasteiger partial charge >= 0.3 is 0 Å². The summed E-state index contributed by atoms with van der Waals surface area (Å²) in [5.41, 5.74) is 3.42. The number of anilines is 2. The third kappa shape index (κ3) is 2.13. The summed E-state index contributed by atoms with van der Waals surface area (Å²) in [7, 11) is 0. The molecule has 3 rings (SSSR count). The molecule has 0 spiro atoms. The van der Waals surface area contributed by atoms with Crippen LogP contribution in [0.1, 0.15) is 11.1 Å². The highest BCUT2D eigenvalue weighted by Crippen LogP contribution is 2.24. The molecular weight excluding hydrogens is 262 g/mol. The van der Waals surface area contributed by atoms with Crippen molar-refractivity contribution < 1.29 is 0 Å². The summed E-state index contributed by atoms with van der Waals surface area (Å²) in [6.07, 6.45) is 1.45. The lowest BCUT2D eigenvalue weighted by Gasteiger charge is -2.12. The summed E-state index contributed by atoms with van der Waals surface area (Å²) in [6.45, 7) is 4.14. The minimum absolute atomic E-state index is 0.383. The van der Waals surface area contributed by atoms with Crippen molar-refractivity contribution in [3.63, 3.8) is 0 Å². The van der Waals surface area contributed by atoms with E-state index in [9.17, 15) is 0 Å². The summed E-state index contributed by atoms with van der Waals surface area (Å²) in [5, 5.41) is 7.83. The van der Waals surface area contributed by atoms with Crippen LogP contribution in [0.3, 0.4) is 0 Å². The lowest BCUT2D eigenvalue weighted by Crippen LogP contribution is -2.03. The molecule has 0 atom stereocenters. The molecule has 6 heteroatoms. The van der Waals surface area contributed by atoms with E-state index < -0.39 is 0 Å². The minimum atomic E-state index is 0.383. The maximum atomic E-state index is 5.99. The maximum absolute atomic E-state index is 5.99. The Kier molecular flexibility index (Phi) is 2.83. The van der Waals surface area contributed by atoms with Crippen LogP contribution < -0.4 is 5.32 Å². The van der Waals surface area contributed by atoms with E-state index in [1.807, 2.05) is 12.1 Å². The number of nitrogens with zero attached hydrogens (tertiary/aromatic N) is 4. The van der Waals surface area contributed by atoms with Crippen LogP contribution in [0.5, 0.6) is 0 Å². The monoisotopic (exact) mass is 273 g/mol. The van der Waals surface area contributed by atoms with Crippen molar-refractivity contribution in [1.82, 2.24) is 19.6 Å². The lowest BCUT2D eigenvalue weighted by molar-refractivity contribution is 0.946. The van der Waals surface area contributed by atoms with Crippen molar-refractivity contribution in [3.8, 4) is 0 Å². The molecule has 0 saturated carbocycles. The lowest BCUT2D eigenvalue weighted by atomic mass is 10.1. The van der Waals surface area contributed by atoms with Gasteiger partial charge in [0.2, 0.25) is 0 Å². The Bertz CT molecular complexity index is 750. The van der Waals surface area contributed by atoms with E-state index in [1.54, 1.807) is 10.6 Å². The van der Waals surface area contributed by atoms with Gasteiger partial charge in [-0.05, 0) is 31.0 Å². The molecule has 3 aromatic rings. The van der Waals surface area contributed by atoms with Crippen LogP contribution >= 0.6 is 11.6 Å². The molecule has 0 radical (unpaired) electrons. The SMILES string of the molecule is Cc1cccc(Nc2cc(Cl)nc3ncnn23)c1C. The van der Waals surface area contributed by atoms with E-state index in [1.165, 1.54) is 17.5 Å². The number of rotatable bonds is 2. The fourth-order valence-electron chi connectivity index (χ4n) is 1.90. The highest BCUT2D eigenvalue weighted by atomic mass is 35.5. The van der Waals surface area contributed by atoms with E-state index in [0.717, 1.165) is 11.5 Å². The Morgan fingerprint density at radius 3 is 2.95 bits per heavy atom. The molecule has 1 N–H and O–H groups in total. The number of aromatic nitrogens is 4. The van der Waals surface area contributed by atoms with Crippen molar-refractivity contribution >= 4 is 28.9 Å². The molecule has 1 aromatic carbocycles. The van der Waals surface area contributed by atoms with Gasteiger partial charge in [0, 0.05) is 11.8 Å². The number of hydrogen-bond donors (Lipinski definition) is 1. The minimum Gasteiger partial charge on any atom is -0.340 e. The van der Waals surface area contributed by atoms with Gasteiger partial charge in [0.25, 0.3) is 5.78 Å². The number of nitrogens with one attached hydrogen (secondary N) is 1. The zero-order chi connectivity index (χ0) is 13.4. The van der Waals surface area contributed by atoms with Crippen molar-refractivity contribution in [1.29, 1.82) is 0 Å². The molecule has 0 unspecified atom stereocenters. The fraction of sp³-hybridized carbons (Fsp3) is 0.154. The Morgan fingerprint density at radius 1 is 1.26 bits per heavy atom. The van der Waals surface area contributed by atoms with Crippen molar-refractivity contribution in [3.05, 3.63) is 46.9 Å². The average molecular weight is 274 g/mol. The normalized spacial score (nSPS) is 10.9. The predicted molar refractivity (Wildman–Crippen MR) is 75.0 cm³/mol. The molecule has 2 aromatic heterocycles. The molecule has 0 aliphatic heterocycles. The average Bonchev–Trinajstić information content (AvgIpc) is 2.83. The number of hydrogen-bond acceptors (Lipinski definition) is 4. The van der Waals surface area contributed by atoms with Crippen LogP contribution in [0, 0.1) is 13.8 Å². The quantitative estimate of drug-likeness (QED) is 0.729. The van der Waals surface area contributed by atoms with Gasteiger partial charge in [-0.3, -0.25) is 0 Å². The zero-order valence-corrected chi connectivity index (χ0v) is 11.3. The first-order chi connectivity index (χ1) is 9.15. The molecule has 96 valence electrons. The van der Waals surface area contributed by atoms with Crippen LogP contribution in [0.15, 0.2) is 30.6 Å². The van der Waals surface area contributed by atoms with Crippen LogP contribution in [0.25, 0.3) is 5.78 Å². The van der Waals surface area contributed by atoms with E-state index in [2.05, 4.69) is 40.3 Å². The Balaban J connectivity index is 2.10. The zero-order valence-electron chi connectivity index (χ0n) is 10.6. The molecule has 0 saturated heterocycles. The van der Waals surface area contributed by atoms with Gasteiger partial charge in [0.1, 0.15) is 17.3 Å². The molecular formula is C13H12ClN5. The summed E-state index contributed by atoms with van der Waals surface area (Å²) >= 11 is 5.99. The number of benzene rings is 1. The molecule has 0 aliphatic carbocycles. The number of halogens is 1. The van der Waals surface area contributed by atoms with Gasteiger partial charge < -0.3 is 5.32 Å². The smallest absolute Gasteiger partial charge is 0.255 e. The maximum Gasteiger partial charge on any atom is 0.255 e. The Labute approximate surface area is 115 Å². The first kappa shape index (κ1) is 11.9. The van der Waals surface area contributed by atoms with Crippen molar-refractivity contribution in [2.24, 2.45) is 0 Å². The number of aryl methyl sites for hydroxylation is 1. The van der Waals surface area contributed by atoms with E-state index in [0.29, 0.717) is 10.9 Å². The Morgan fingerprint density at radius 2 is 2.11 bits per heavy atom. The summed E-state index contributed by atoms with van der Waals surface area (Å²) in [4.78, 5) is 8.13. The topological polar surface area (TPSA) is 55.1 Å². The third-order valence-corrected chi connectivity index (χ3v) is 3.28.